The van der Waals surface area contributed by atoms with Crippen molar-refractivity contribution in [2.45, 2.75) is 63.6 Å². The van der Waals surface area contributed by atoms with Crippen LogP contribution >= 0.6 is 11.6 Å². The fraction of sp³-hybridized carbons (Fsp3) is 0.571. The SMILES string of the molecule is Clc1ccccc1-c1noc(C2CC2)c1COC1CC2CC[C@H](C2)C1. The summed E-state index contributed by atoms with van der Waals surface area (Å²) in [6.07, 6.45) is 9.45. The number of rotatable bonds is 5. The molecule has 0 aliphatic heterocycles. The number of benzene rings is 1. The van der Waals surface area contributed by atoms with E-state index in [1.165, 1.54) is 44.9 Å². The van der Waals surface area contributed by atoms with Gasteiger partial charge < -0.3 is 9.26 Å². The molecule has 1 aromatic heterocycles. The van der Waals surface area contributed by atoms with Crippen molar-refractivity contribution in [2.24, 2.45) is 11.8 Å². The quantitative estimate of drug-likeness (QED) is 0.661. The Bertz CT molecular complexity index is 755. The minimum Gasteiger partial charge on any atom is -0.373 e. The highest BCUT2D eigenvalue weighted by Crippen LogP contribution is 2.46. The Morgan fingerprint density at radius 1 is 1.04 bits per heavy atom. The van der Waals surface area contributed by atoms with Crippen molar-refractivity contribution in [3.63, 3.8) is 0 Å². The van der Waals surface area contributed by atoms with Crippen LogP contribution in [0.1, 0.15) is 62.2 Å². The second kappa shape index (κ2) is 6.44. The Hall–Kier alpha value is -1.32. The molecule has 0 N–H and O–H groups in total. The number of fused-ring (bicyclic) bond motifs is 2. The van der Waals surface area contributed by atoms with Gasteiger partial charge in [-0.05, 0) is 50.0 Å². The first-order valence-corrected chi connectivity index (χ1v) is 10.0. The van der Waals surface area contributed by atoms with Crippen LogP contribution in [0.2, 0.25) is 5.02 Å². The maximum atomic E-state index is 6.41. The van der Waals surface area contributed by atoms with Gasteiger partial charge in [-0.15, -0.1) is 0 Å². The van der Waals surface area contributed by atoms with Crippen molar-refractivity contribution in [3.05, 3.63) is 40.6 Å². The average Bonchev–Trinajstić information content (AvgIpc) is 3.30. The van der Waals surface area contributed by atoms with E-state index < -0.39 is 0 Å². The molecule has 0 radical (unpaired) electrons. The molecule has 0 spiro atoms. The van der Waals surface area contributed by atoms with Gasteiger partial charge in [-0.2, -0.15) is 0 Å². The zero-order valence-corrected chi connectivity index (χ0v) is 15.2. The molecule has 3 fully saturated rings. The summed E-state index contributed by atoms with van der Waals surface area (Å²) >= 11 is 6.41. The lowest BCUT2D eigenvalue weighted by atomic mass is 9.87. The van der Waals surface area contributed by atoms with E-state index in [-0.39, 0.29) is 0 Å². The molecule has 3 saturated carbocycles. The first kappa shape index (κ1) is 15.9. The minimum atomic E-state index is 0.396. The molecule has 1 heterocycles. The third-order valence-corrected chi connectivity index (χ3v) is 6.53. The lowest BCUT2D eigenvalue weighted by molar-refractivity contribution is -0.00126. The summed E-state index contributed by atoms with van der Waals surface area (Å²) in [4.78, 5) is 0. The van der Waals surface area contributed by atoms with E-state index in [1.807, 2.05) is 24.3 Å². The van der Waals surface area contributed by atoms with Crippen LogP contribution in [0, 0.1) is 11.8 Å². The predicted molar refractivity (Wildman–Crippen MR) is 97.6 cm³/mol. The van der Waals surface area contributed by atoms with Crippen LogP contribution in [-0.4, -0.2) is 11.3 Å². The summed E-state index contributed by atoms with van der Waals surface area (Å²) in [5.74, 6) is 3.31. The van der Waals surface area contributed by atoms with Gasteiger partial charge in [0.05, 0.1) is 17.7 Å². The number of hydrogen-bond donors (Lipinski definition) is 0. The van der Waals surface area contributed by atoms with Gasteiger partial charge in [0.1, 0.15) is 11.5 Å². The molecule has 5 rings (SSSR count). The van der Waals surface area contributed by atoms with E-state index >= 15 is 0 Å². The lowest BCUT2D eigenvalue weighted by Crippen LogP contribution is -2.23. The fourth-order valence-corrected chi connectivity index (χ4v) is 5.00. The lowest BCUT2D eigenvalue weighted by Gasteiger charge is -2.27. The van der Waals surface area contributed by atoms with Gasteiger partial charge in [-0.1, -0.05) is 47.8 Å². The number of aromatic nitrogens is 1. The van der Waals surface area contributed by atoms with E-state index in [0.717, 1.165) is 39.4 Å². The van der Waals surface area contributed by atoms with Crippen LogP contribution in [0.4, 0.5) is 0 Å². The Balaban J connectivity index is 1.39. The second-order valence-corrected chi connectivity index (χ2v) is 8.48. The van der Waals surface area contributed by atoms with E-state index in [9.17, 15) is 0 Å². The third kappa shape index (κ3) is 3.13. The Morgan fingerprint density at radius 2 is 1.80 bits per heavy atom. The summed E-state index contributed by atoms with van der Waals surface area (Å²) in [5, 5.41) is 5.09. The average molecular weight is 358 g/mol. The minimum absolute atomic E-state index is 0.396. The van der Waals surface area contributed by atoms with Crippen molar-refractivity contribution in [1.82, 2.24) is 5.16 Å². The highest BCUT2D eigenvalue weighted by Gasteiger charge is 2.36. The van der Waals surface area contributed by atoms with Gasteiger partial charge in [0, 0.05) is 17.0 Å². The first-order chi connectivity index (χ1) is 12.3. The third-order valence-electron chi connectivity index (χ3n) is 6.20. The monoisotopic (exact) mass is 357 g/mol. The zero-order chi connectivity index (χ0) is 16.8. The van der Waals surface area contributed by atoms with Crippen LogP contribution in [0.3, 0.4) is 0 Å². The van der Waals surface area contributed by atoms with Crippen LogP contribution in [0.25, 0.3) is 11.3 Å². The van der Waals surface area contributed by atoms with Gasteiger partial charge in [-0.25, -0.2) is 0 Å². The molecule has 132 valence electrons. The molecule has 2 aromatic rings. The van der Waals surface area contributed by atoms with Gasteiger partial charge in [0.25, 0.3) is 0 Å². The largest absolute Gasteiger partial charge is 0.373 e. The van der Waals surface area contributed by atoms with Gasteiger partial charge in [-0.3, -0.25) is 0 Å². The smallest absolute Gasteiger partial charge is 0.145 e. The second-order valence-electron chi connectivity index (χ2n) is 8.08. The van der Waals surface area contributed by atoms with Gasteiger partial charge >= 0.3 is 0 Å². The predicted octanol–water partition coefficient (Wildman–Crippen LogP) is 5.97. The molecule has 25 heavy (non-hydrogen) atoms. The van der Waals surface area contributed by atoms with E-state index in [0.29, 0.717) is 18.6 Å². The van der Waals surface area contributed by atoms with Gasteiger partial charge in [0.2, 0.25) is 0 Å². The first-order valence-electron chi connectivity index (χ1n) is 9.63. The summed E-state index contributed by atoms with van der Waals surface area (Å²) in [6, 6.07) is 7.87. The molecule has 3 atom stereocenters. The van der Waals surface area contributed by atoms with E-state index in [4.69, 9.17) is 20.9 Å². The van der Waals surface area contributed by atoms with Crippen LogP contribution in [-0.2, 0) is 11.3 Å². The molecular weight excluding hydrogens is 334 g/mol. The summed E-state index contributed by atoms with van der Waals surface area (Å²) in [6.45, 7) is 0.597. The molecule has 3 aliphatic rings. The molecule has 3 nitrogen and oxygen atoms in total. The summed E-state index contributed by atoms with van der Waals surface area (Å²) in [7, 11) is 0. The van der Waals surface area contributed by atoms with E-state index in [2.05, 4.69) is 5.16 Å². The highest BCUT2D eigenvalue weighted by atomic mass is 35.5. The Morgan fingerprint density at radius 3 is 2.52 bits per heavy atom. The molecule has 0 saturated heterocycles. The van der Waals surface area contributed by atoms with Gasteiger partial charge in [0.15, 0.2) is 0 Å². The molecule has 4 heteroatoms. The van der Waals surface area contributed by atoms with Crippen molar-refractivity contribution in [2.75, 3.05) is 0 Å². The molecule has 1 aromatic carbocycles. The maximum absolute atomic E-state index is 6.41. The van der Waals surface area contributed by atoms with Crippen molar-refractivity contribution >= 4 is 11.6 Å². The molecule has 2 bridgehead atoms. The standard InChI is InChI=1S/C21H24ClNO2/c22-19-4-2-1-3-17(19)20-18(21(25-23-20)15-7-8-15)12-24-16-10-13-5-6-14(9-13)11-16/h1-4,13-16H,5-12H2/t13-,14?,16?/m1/s1. The highest BCUT2D eigenvalue weighted by molar-refractivity contribution is 6.33. The normalized spacial score (nSPS) is 28.4. The van der Waals surface area contributed by atoms with E-state index in [1.54, 1.807) is 0 Å². The topological polar surface area (TPSA) is 35.3 Å². The molecule has 3 aliphatic carbocycles. The molecule has 0 amide bonds. The number of ether oxygens (including phenoxy) is 1. The van der Waals surface area contributed by atoms with Crippen LogP contribution in [0.5, 0.6) is 0 Å². The summed E-state index contributed by atoms with van der Waals surface area (Å²) in [5.41, 5.74) is 2.93. The zero-order valence-electron chi connectivity index (χ0n) is 14.4. The molecule has 2 unspecified atom stereocenters. The Kier molecular flexibility index (Phi) is 4.10. The molecular formula is C21H24ClNO2. The maximum Gasteiger partial charge on any atom is 0.145 e. The van der Waals surface area contributed by atoms with Crippen LogP contribution in [0.15, 0.2) is 28.8 Å². The summed E-state index contributed by atoms with van der Waals surface area (Å²) < 4.78 is 12.1. The van der Waals surface area contributed by atoms with Crippen LogP contribution < -0.4 is 0 Å². The van der Waals surface area contributed by atoms with Crippen molar-refractivity contribution in [1.29, 1.82) is 0 Å². The van der Waals surface area contributed by atoms with Crippen molar-refractivity contribution < 1.29 is 9.26 Å². The fourth-order valence-electron chi connectivity index (χ4n) is 4.78. The number of nitrogens with zero attached hydrogens (tertiary/aromatic N) is 1. The van der Waals surface area contributed by atoms with Crippen molar-refractivity contribution in [3.8, 4) is 11.3 Å². The number of halogens is 1. The Labute approximate surface area is 153 Å². The number of hydrogen-bond acceptors (Lipinski definition) is 3.